The van der Waals surface area contributed by atoms with Crippen LogP contribution in [0.3, 0.4) is 0 Å². The van der Waals surface area contributed by atoms with Crippen LogP contribution in [0.5, 0.6) is 0 Å². The number of hydrogen-bond acceptors (Lipinski definition) is 7. The monoisotopic (exact) mass is 357 g/mol. The van der Waals surface area contributed by atoms with Crippen molar-refractivity contribution in [3.8, 4) is 0 Å². The molecule has 0 bridgehead atoms. The van der Waals surface area contributed by atoms with E-state index in [0.717, 1.165) is 0 Å². The fourth-order valence-corrected chi connectivity index (χ4v) is 2.62. The van der Waals surface area contributed by atoms with Crippen LogP contribution in [0.1, 0.15) is 20.7 Å². The number of rotatable bonds is 4. The number of carbonyl (C=O) groups is 2. The molecule has 0 aromatic heterocycles. The summed E-state index contributed by atoms with van der Waals surface area (Å²) in [5.74, 6) is -1.30. The number of hydrogen-bond donors (Lipinski definition) is 2. The lowest BCUT2D eigenvalue weighted by Crippen LogP contribution is -2.59. The van der Waals surface area contributed by atoms with Crippen LogP contribution >= 0.6 is 0 Å². The van der Waals surface area contributed by atoms with Gasteiger partial charge in [-0.1, -0.05) is 36.4 Å². The second-order valence-corrected chi connectivity index (χ2v) is 5.86. The number of aliphatic hydroxyl groups excluding tert-OH is 1. The van der Waals surface area contributed by atoms with Gasteiger partial charge in [-0.3, -0.25) is 0 Å². The molecule has 1 saturated heterocycles. The molecule has 1 fully saturated rings. The van der Waals surface area contributed by atoms with Crippen molar-refractivity contribution in [2.24, 2.45) is 5.73 Å². The third-order valence-electron chi connectivity index (χ3n) is 3.99. The molecule has 26 heavy (non-hydrogen) atoms. The zero-order valence-electron chi connectivity index (χ0n) is 13.9. The Morgan fingerprint density at radius 1 is 0.885 bits per heavy atom. The van der Waals surface area contributed by atoms with Crippen molar-refractivity contribution in [3.05, 3.63) is 71.8 Å². The average Bonchev–Trinajstić information content (AvgIpc) is 2.68. The number of nitrogens with two attached hydrogens (primary N) is 1. The molecule has 2 aromatic carbocycles. The minimum Gasteiger partial charge on any atom is -0.453 e. The summed E-state index contributed by atoms with van der Waals surface area (Å²) < 4.78 is 15.9. The largest absolute Gasteiger partial charge is 0.453 e. The molecule has 7 heteroatoms. The van der Waals surface area contributed by atoms with Crippen LogP contribution in [-0.4, -0.2) is 48.2 Å². The molecule has 1 aliphatic heterocycles. The van der Waals surface area contributed by atoms with E-state index < -0.39 is 36.5 Å². The summed E-state index contributed by atoms with van der Waals surface area (Å²) >= 11 is 0. The Morgan fingerprint density at radius 2 is 1.35 bits per heavy atom. The SMILES string of the molecule is N[C@H]1CO[C@H](O)[C@@H](OC(=O)c2ccccc2)[C@@H]1OC(=O)c1ccccc1. The Kier molecular flexibility index (Phi) is 5.62. The Balaban J connectivity index is 1.76. The van der Waals surface area contributed by atoms with Crippen LogP contribution in [0.15, 0.2) is 60.7 Å². The molecule has 0 amide bonds. The number of aliphatic hydroxyl groups is 1. The first-order valence-electron chi connectivity index (χ1n) is 8.13. The molecule has 2 aromatic rings. The molecule has 0 spiro atoms. The maximum Gasteiger partial charge on any atom is 0.338 e. The van der Waals surface area contributed by atoms with Gasteiger partial charge >= 0.3 is 11.9 Å². The van der Waals surface area contributed by atoms with Crippen molar-refractivity contribution >= 4 is 11.9 Å². The third-order valence-corrected chi connectivity index (χ3v) is 3.99. The van der Waals surface area contributed by atoms with Crippen LogP contribution < -0.4 is 5.73 Å². The highest BCUT2D eigenvalue weighted by molar-refractivity contribution is 5.90. The van der Waals surface area contributed by atoms with E-state index in [2.05, 4.69) is 0 Å². The molecule has 0 aliphatic carbocycles. The van der Waals surface area contributed by atoms with Gasteiger partial charge in [-0.05, 0) is 24.3 Å². The second-order valence-electron chi connectivity index (χ2n) is 5.86. The van der Waals surface area contributed by atoms with Gasteiger partial charge in [0.25, 0.3) is 0 Å². The average molecular weight is 357 g/mol. The van der Waals surface area contributed by atoms with Gasteiger partial charge in [0, 0.05) is 0 Å². The Hall–Kier alpha value is -2.74. The molecule has 136 valence electrons. The van der Waals surface area contributed by atoms with E-state index in [4.69, 9.17) is 19.9 Å². The number of carbonyl (C=O) groups excluding carboxylic acids is 2. The topological polar surface area (TPSA) is 108 Å². The fourth-order valence-electron chi connectivity index (χ4n) is 2.62. The van der Waals surface area contributed by atoms with E-state index in [1.54, 1.807) is 60.7 Å². The van der Waals surface area contributed by atoms with E-state index in [1.807, 2.05) is 0 Å². The summed E-state index contributed by atoms with van der Waals surface area (Å²) in [4.78, 5) is 24.6. The Labute approximate surface area is 150 Å². The van der Waals surface area contributed by atoms with E-state index in [0.29, 0.717) is 11.1 Å². The summed E-state index contributed by atoms with van der Waals surface area (Å²) in [6, 6.07) is 15.9. The maximum atomic E-state index is 12.3. The van der Waals surface area contributed by atoms with Gasteiger partial charge in [-0.25, -0.2) is 9.59 Å². The van der Waals surface area contributed by atoms with Crippen molar-refractivity contribution in [2.45, 2.75) is 24.5 Å². The molecule has 3 N–H and O–H groups in total. The van der Waals surface area contributed by atoms with E-state index in [1.165, 1.54) is 0 Å². The normalized spacial score (nSPS) is 25.3. The summed E-state index contributed by atoms with van der Waals surface area (Å²) in [6.45, 7) is -0.0344. The molecular formula is C19H19NO6. The Bertz CT molecular complexity index is 686. The van der Waals surface area contributed by atoms with E-state index in [-0.39, 0.29) is 6.61 Å². The van der Waals surface area contributed by atoms with Crippen LogP contribution in [-0.2, 0) is 14.2 Å². The van der Waals surface area contributed by atoms with Crippen molar-refractivity contribution in [1.82, 2.24) is 0 Å². The van der Waals surface area contributed by atoms with Crippen LogP contribution in [0.4, 0.5) is 0 Å². The van der Waals surface area contributed by atoms with Crippen molar-refractivity contribution < 1.29 is 28.9 Å². The van der Waals surface area contributed by atoms with Crippen LogP contribution in [0.25, 0.3) is 0 Å². The predicted octanol–water partition coefficient (Wildman–Crippen LogP) is 1.11. The summed E-state index contributed by atoms with van der Waals surface area (Å²) in [6.07, 6.45) is -3.73. The second kappa shape index (κ2) is 8.09. The van der Waals surface area contributed by atoms with Crippen LogP contribution in [0, 0.1) is 0 Å². The Morgan fingerprint density at radius 3 is 1.85 bits per heavy atom. The van der Waals surface area contributed by atoms with Gasteiger partial charge in [0.15, 0.2) is 18.5 Å². The lowest BCUT2D eigenvalue weighted by molar-refractivity contribution is -0.225. The van der Waals surface area contributed by atoms with Gasteiger partial charge in [0.1, 0.15) is 0 Å². The maximum absolute atomic E-state index is 12.3. The molecular weight excluding hydrogens is 338 g/mol. The van der Waals surface area contributed by atoms with E-state index in [9.17, 15) is 14.7 Å². The van der Waals surface area contributed by atoms with Gasteiger partial charge in [0.05, 0.1) is 23.8 Å². The van der Waals surface area contributed by atoms with E-state index >= 15 is 0 Å². The van der Waals surface area contributed by atoms with Crippen LogP contribution in [0.2, 0.25) is 0 Å². The third kappa shape index (κ3) is 4.08. The standard InChI is InChI=1S/C19H19NO6/c20-14-11-24-19(23)16(26-18(22)13-9-5-2-6-10-13)15(14)25-17(21)12-7-3-1-4-8-12/h1-10,14-16,19,23H,11,20H2/t14-,15+,16-,19-/m0/s1. The predicted molar refractivity (Wildman–Crippen MR) is 91.2 cm³/mol. The van der Waals surface area contributed by atoms with Gasteiger partial charge < -0.3 is 25.1 Å². The smallest absolute Gasteiger partial charge is 0.338 e. The van der Waals surface area contributed by atoms with Crippen molar-refractivity contribution in [3.63, 3.8) is 0 Å². The highest BCUT2D eigenvalue weighted by Crippen LogP contribution is 2.22. The first kappa shape index (κ1) is 18.1. The number of esters is 2. The van der Waals surface area contributed by atoms with Gasteiger partial charge in [0.2, 0.25) is 0 Å². The lowest BCUT2D eigenvalue weighted by atomic mass is 10.0. The first-order valence-corrected chi connectivity index (χ1v) is 8.13. The zero-order valence-corrected chi connectivity index (χ0v) is 13.9. The van der Waals surface area contributed by atoms with Gasteiger partial charge in [-0.2, -0.15) is 0 Å². The highest BCUT2D eigenvalue weighted by Gasteiger charge is 2.43. The highest BCUT2D eigenvalue weighted by atomic mass is 16.7. The molecule has 4 atom stereocenters. The summed E-state index contributed by atoms with van der Waals surface area (Å²) in [7, 11) is 0. The molecule has 0 saturated carbocycles. The minimum absolute atomic E-state index is 0.0344. The molecule has 1 aliphatic rings. The molecule has 0 radical (unpaired) electrons. The summed E-state index contributed by atoms with van der Waals surface area (Å²) in [5.41, 5.74) is 6.59. The fraction of sp³-hybridized carbons (Fsp3) is 0.263. The number of ether oxygens (including phenoxy) is 3. The van der Waals surface area contributed by atoms with Crippen molar-refractivity contribution in [2.75, 3.05) is 6.61 Å². The first-order chi connectivity index (χ1) is 12.6. The molecule has 1 heterocycles. The zero-order chi connectivity index (χ0) is 18.5. The molecule has 7 nitrogen and oxygen atoms in total. The van der Waals surface area contributed by atoms with Gasteiger partial charge in [-0.15, -0.1) is 0 Å². The van der Waals surface area contributed by atoms with Crippen molar-refractivity contribution in [1.29, 1.82) is 0 Å². The number of benzene rings is 2. The summed E-state index contributed by atoms with van der Waals surface area (Å²) in [5, 5.41) is 10.1. The lowest BCUT2D eigenvalue weighted by Gasteiger charge is -2.37. The molecule has 0 unspecified atom stereocenters. The minimum atomic E-state index is -1.45. The quantitative estimate of drug-likeness (QED) is 0.789. The molecule has 3 rings (SSSR count).